The molecular weight excluding hydrogens is 663 g/mol. The molecule has 5 heteroatoms. The number of pyridine rings is 1. The lowest BCUT2D eigenvalue weighted by Gasteiger charge is -2.34. The fourth-order valence-corrected chi connectivity index (χ4v) is 12.0. The van der Waals surface area contributed by atoms with E-state index in [0.29, 0.717) is 23.8 Å². The second-order valence-corrected chi connectivity index (χ2v) is 22.7. The van der Waals surface area contributed by atoms with Crippen LogP contribution in [-0.2, 0) is 6.42 Å². The lowest BCUT2D eigenvalue weighted by atomic mass is 9.77. The Morgan fingerprint density at radius 2 is 1.62 bits per heavy atom. The molecule has 4 nitrogen and oxygen atoms in total. The molecule has 1 saturated carbocycles. The highest BCUT2D eigenvalue weighted by Crippen LogP contribution is 2.48. The van der Waals surface area contributed by atoms with E-state index in [1.807, 2.05) is 0 Å². The summed E-state index contributed by atoms with van der Waals surface area (Å²) in [5.41, 5.74) is 14.0. The van der Waals surface area contributed by atoms with Gasteiger partial charge in [-0.1, -0.05) is 108 Å². The van der Waals surface area contributed by atoms with E-state index in [0.717, 1.165) is 36.1 Å². The summed E-state index contributed by atoms with van der Waals surface area (Å²) in [6.07, 6.45) is 7.92. The number of aromatic nitrogens is 3. The van der Waals surface area contributed by atoms with Crippen molar-refractivity contribution in [1.29, 1.82) is 0 Å². The predicted octanol–water partition coefficient (Wildman–Crippen LogP) is 11.2. The number of imidazole rings is 1. The molecule has 3 unspecified atom stereocenters. The maximum Gasteiger partial charge on any atom is 0.299 e. The highest BCUT2D eigenvalue weighted by atomic mass is 28.3. The largest absolute Gasteiger partial charge is 0.455 e. The van der Waals surface area contributed by atoms with Crippen LogP contribution in [-0.4, -0.2) is 12.6 Å². The van der Waals surface area contributed by atoms with E-state index in [9.17, 15) is 0 Å². The number of nitrogens with zero attached hydrogens (tertiary/aromatic N) is 3. The summed E-state index contributed by atoms with van der Waals surface area (Å²) in [4.78, 5) is 0. The summed E-state index contributed by atoms with van der Waals surface area (Å²) in [6.45, 7) is 19.8. The fraction of sp³-hybridized carbons (Fsp3) is 0.333. The van der Waals surface area contributed by atoms with Gasteiger partial charge in [-0.15, -0.1) is 0 Å². The van der Waals surface area contributed by atoms with Crippen LogP contribution < -0.4 is 14.3 Å². The molecular formula is C48H51N3OSi+2. The molecule has 0 radical (unpaired) electrons. The summed E-state index contributed by atoms with van der Waals surface area (Å²) >= 11 is 0. The van der Waals surface area contributed by atoms with Gasteiger partial charge >= 0.3 is 0 Å². The molecule has 10 rings (SSSR count). The summed E-state index contributed by atoms with van der Waals surface area (Å²) in [7, 11) is -1.66. The van der Waals surface area contributed by atoms with Crippen LogP contribution in [0.5, 0.6) is 0 Å². The maximum atomic E-state index is 6.95. The van der Waals surface area contributed by atoms with Gasteiger partial charge in [0.15, 0.2) is 28.9 Å². The average Bonchev–Trinajstić information content (AvgIpc) is 3.68. The smallest absolute Gasteiger partial charge is 0.299 e. The van der Waals surface area contributed by atoms with Gasteiger partial charge in [-0.25, -0.2) is 4.57 Å². The Morgan fingerprint density at radius 1 is 0.849 bits per heavy atom. The molecule has 0 spiro atoms. The second-order valence-electron chi connectivity index (χ2n) is 17.6. The predicted molar refractivity (Wildman–Crippen MR) is 221 cm³/mol. The molecule has 3 aromatic heterocycles. The van der Waals surface area contributed by atoms with E-state index < -0.39 is 8.07 Å². The number of para-hydroxylation sites is 3. The van der Waals surface area contributed by atoms with Gasteiger partial charge in [0.25, 0.3) is 5.82 Å². The zero-order valence-electron chi connectivity index (χ0n) is 32.1. The van der Waals surface area contributed by atoms with Gasteiger partial charge in [-0.2, -0.15) is 9.13 Å². The van der Waals surface area contributed by atoms with Crippen molar-refractivity contribution in [1.82, 2.24) is 4.57 Å². The topological polar surface area (TPSA) is 25.8 Å². The van der Waals surface area contributed by atoms with Gasteiger partial charge in [0.1, 0.15) is 22.9 Å². The van der Waals surface area contributed by atoms with E-state index in [-0.39, 0.29) is 6.04 Å². The van der Waals surface area contributed by atoms with Gasteiger partial charge in [0, 0.05) is 33.5 Å². The summed E-state index contributed by atoms with van der Waals surface area (Å²) in [6, 6.07) is 34.9. The number of hydrogen-bond acceptors (Lipinski definition) is 1. The molecule has 53 heavy (non-hydrogen) atoms. The van der Waals surface area contributed by atoms with E-state index >= 15 is 0 Å². The number of allylic oxidation sites excluding steroid dienone is 1. The number of benzene rings is 4. The standard InChI is InChI=1S/C48H51N3OSi/c1-29(2)38-27-43-34-15-9-8-14-33(34)35-23-21-32-22-24-37-36-16-10-13-19-44(36)52-47(37)46(32)48-50(31(4)26-42(35)49(43)28-45(38)53(5,6)7)40-17-11-12-18-41(40)51(48)39-25-20-30(39)3/h8-19,22,24,27-30,35,39,42H,4,20-21,23,25-26H2,1-3,5-7H3/q+2/t30-,35?,39?,42?/m1/s1. The van der Waals surface area contributed by atoms with Gasteiger partial charge in [-0.3, -0.25) is 0 Å². The van der Waals surface area contributed by atoms with Gasteiger partial charge < -0.3 is 4.42 Å². The zero-order valence-corrected chi connectivity index (χ0v) is 33.1. The zero-order chi connectivity index (χ0) is 36.3. The van der Waals surface area contributed by atoms with Crippen molar-refractivity contribution in [2.45, 2.75) is 96.4 Å². The van der Waals surface area contributed by atoms with Crippen LogP contribution in [0, 0.1) is 5.92 Å². The molecule has 1 fully saturated rings. The molecule has 266 valence electrons. The quantitative estimate of drug-likeness (QED) is 0.132. The van der Waals surface area contributed by atoms with E-state index in [4.69, 9.17) is 11.0 Å². The molecule has 0 saturated heterocycles. The van der Waals surface area contributed by atoms with Gasteiger partial charge in [0.05, 0.1) is 14.5 Å². The highest BCUT2D eigenvalue weighted by Gasteiger charge is 2.46. The summed E-state index contributed by atoms with van der Waals surface area (Å²) in [5.74, 6) is 2.65. The summed E-state index contributed by atoms with van der Waals surface area (Å²) in [5, 5.41) is 3.96. The second kappa shape index (κ2) is 11.9. The third-order valence-corrected chi connectivity index (χ3v) is 15.1. The third kappa shape index (κ3) is 4.85. The average molecular weight is 714 g/mol. The van der Waals surface area contributed by atoms with Crippen molar-refractivity contribution < 1.29 is 13.6 Å². The van der Waals surface area contributed by atoms with E-state index in [1.54, 1.807) is 5.19 Å². The molecule has 5 heterocycles. The fourth-order valence-electron chi connectivity index (χ4n) is 10.3. The Hall–Kier alpha value is -4.74. The molecule has 1 aliphatic carbocycles. The summed E-state index contributed by atoms with van der Waals surface area (Å²) < 4.78 is 14.9. The number of rotatable bonds is 3. The highest BCUT2D eigenvalue weighted by molar-refractivity contribution is 6.89. The first-order chi connectivity index (χ1) is 25.6. The van der Waals surface area contributed by atoms with Gasteiger partial charge in [0.2, 0.25) is 5.69 Å². The molecule has 0 N–H and O–H groups in total. The van der Waals surface area contributed by atoms with Gasteiger partial charge in [-0.05, 0) is 78.5 Å². The number of hydrogen-bond donors (Lipinski definition) is 0. The maximum absolute atomic E-state index is 6.95. The minimum Gasteiger partial charge on any atom is -0.455 e. The first kappa shape index (κ1) is 32.9. The minimum atomic E-state index is -1.66. The van der Waals surface area contributed by atoms with Crippen LogP contribution >= 0.6 is 0 Å². The molecule has 0 bridgehead atoms. The molecule has 4 aromatic carbocycles. The van der Waals surface area contributed by atoms with Crippen LogP contribution in [0.2, 0.25) is 19.6 Å². The van der Waals surface area contributed by atoms with E-state index in [2.05, 4.69) is 151 Å². The number of aryl methyl sites for hydroxylation is 1. The Labute approximate surface area is 314 Å². The van der Waals surface area contributed by atoms with Crippen LogP contribution in [0.3, 0.4) is 0 Å². The Morgan fingerprint density at radius 3 is 2.40 bits per heavy atom. The van der Waals surface area contributed by atoms with Crippen LogP contribution in [0.1, 0.15) is 87.1 Å². The third-order valence-electron chi connectivity index (χ3n) is 13.1. The molecule has 7 aromatic rings. The lowest BCUT2D eigenvalue weighted by Crippen LogP contribution is -2.54. The Kier molecular flexibility index (Phi) is 7.37. The Bertz CT molecular complexity index is 2630. The van der Waals surface area contributed by atoms with Crippen LogP contribution in [0.25, 0.3) is 61.3 Å². The molecule has 0 amide bonds. The van der Waals surface area contributed by atoms with Crippen molar-refractivity contribution in [3.05, 3.63) is 120 Å². The first-order valence-corrected chi connectivity index (χ1v) is 23.5. The van der Waals surface area contributed by atoms with Crippen molar-refractivity contribution in [3.63, 3.8) is 0 Å². The minimum absolute atomic E-state index is 0.241. The lowest BCUT2D eigenvalue weighted by molar-refractivity contribution is -0.716. The number of fused-ring (bicyclic) bond motifs is 15. The van der Waals surface area contributed by atoms with Crippen LogP contribution in [0.4, 0.5) is 0 Å². The number of furan rings is 1. The first-order valence-electron chi connectivity index (χ1n) is 20.0. The monoisotopic (exact) mass is 713 g/mol. The normalized spacial score (nSPS) is 21.2. The van der Waals surface area contributed by atoms with Crippen molar-refractivity contribution >= 4 is 51.9 Å². The molecule has 2 aliphatic heterocycles. The SMILES string of the molecule is C=C1CC2C(CCc3ccc4c(oc5ccccc54)c3-c3n1c1ccccc1[n+]3C1CC[C@H]1C)c1ccccc1-c1cc(C(C)C)c([Si](C)(C)C)c[n+]12. The molecule has 4 atom stereocenters. The van der Waals surface area contributed by atoms with Crippen molar-refractivity contribution in [2.24, 2.45) is 5.92 Å². The molecule has 3 aliphatic rings. The Balaban J connectivity index is 1.28. The van der Waals surface area contributed by atoms with Crippen molar-refractivity contribution in [3.8, 4) is 22.6 Å². The van der Waals surface area contributed by atoms with Crippen molar-refractivity contribution in [2.75, 3.05) is 0 Å². The van der Waals surface area contributed by atoms with Crippen LogP contribution in [0.15, 0.2) is 108 Å². The van der Waals surface area contributed by atoms with E-state index in [1.165, 1.54) is 74.0 Å².